The molecule has 1 aromatic carbocycles. The number of para-hydroxylation sites is 1. The molecule has 4 nitrogen and oxygen atoms in total. The predicted octanol–water partition coefficient (Wildman–Crippen LogP) is 2.45. The Bertz CT molecular complexity index is 451. The first-order valence-corrected chi connectivity index (χ1v) is 5.82. The maximum atomic E-state index is 11.2. The lowest BCUT2D eigenvalue weighted by Gasteiger charge is -2.08. The minimum atomic E-state index is -0.816. The molecule has 0 radical (unpaired) electrons. The molecule has 0 aromatic heterocycles. The molecule has 1 unspecified atom stereocenters. The fourth-order valence-electron chi connectivity index (χ4n) is 1.04. The van der Waals surface area contributed by atoms with Gasteiger partial charge < -0.3 is 9.47 Å². The lowest BCUT2D eigenvalue weighted by molar-refractivity contribution is -0.135. The van der Waals surface area contributed by atoms with Gasteiger partial charge in [-0.3, -0.25) is 0 Å². The lowest BCUT2D eigenvalue weighted by Crippen LogP contribution is -2.13. The van der Waals surface area contributed by atoms with Crippen molar-refractivity contribution in [3.05, 3.63) is 40.0 Å². The smallest absolute Gasteiger partial charge is 0.343 e. The molecule has 0 bridgehead atoms. The van der Waals surface area contributed by atoms with Crippen molar-refractivity contribution >= 4 is 28.6 Å². The maximum absolute atomic E-state index is 11.2. The van der Waals surface area contributed by atoms with Crippen molar-refractivity contribution in [2.24, 2.45) is 0 Å². The summed E-state index contributed by atoms with van der Waals surface area (Å²) < 4.78 is 10.2. The van der Waals surface area contributed by atoms with Gasteiger partial charge in [-0.2, -0.15) is 5.26 Å². The molecule has 17 heavy (non-hydrogen) atoms. The summed E-state index contributed by atoms with van der Waals surface area (Å²) >= 11 is 1.80. The van der Waals surface area contributed by atoms with E-state index in [0.29, 0.717) is 9.33 Å². The summed E-state index contributed by atoms with van der Waals surface area (Å²) in [5.74, 6) is 0.0897. The van der Waals surface area contributed by atoms with E-state index < -0.39 is 12.1 Å². The van der Waals surface area contributed by atoms with Crippen LogP contribution in [0.15, 0.2) is 40.0 Å². The quantitative estimate of drug-likeness (QED) is 0.479. The number of ether oxygens (including phenoxy) is 2. The Morgan fingerprint density at radius 3 is 2.65 bits per heavy atom. The SMILES string of the molecule is COC(=O)C(I)=CC(C#N)Oc1ccccc1. The van der Waals surface area contributed by atoms with Crippen LogP contribution < -0.4 is 4.74 Å². The molecule has 0 aliphatic heterocycles. The second-order valence-electron chi connectivity index (χ2n) is 2.99. The number of halogens is 1. The van der Waals surface area contributed by atoms with E-state index in [2.05, 4.69) is 4.74 Å². The van der Waals surface area contributed by atoms with Gasteiger partial charge in [0.25, 0.3) is 0 Å². The van der Waals surface area contributed by atoms with Crippen molar-refractivity contribution in [3.8, 4) is 11.8 Å². The van der Waals surface area contributed by atoms with Crippen molar-refractivity contribution in [1.29, 1.82) is 5.26 Å². The Hall–Kier alpha value is -1.55. The summed E-state index contributed by atoms with van der Waals surface area (Å²) in [7, 11) is 1.29. The number of nitrogens with zero attached hydrogens (tertiary/aromatic N) is 1. The Morgan fingerprint density at radius 2 is 2.12 bits per heavy atom. The van der Waals surface area contributed by atoms with Gasteiger partial charge >= 0.3 is 5.97 Å². The molecule has 0 heterocycles. The average Bonchev–Trinajstić information content (AvgIpc) is 2.38. The second kappa shape index (κ2) is 6.91. The van der Waals surface area contributed by atoms with Gasteiger partial charge in [0.15, 0.2) is 0 Å². The van der Waals surface area contributed by atoms with Gasteiger partial charge in [0.05, 0.1) is 10.7 Å². The standard InChI is InChI=1S/C12H10INO3/c1-16-12(15)11(13)7-10(8-14)17-9-5-3-2-4-6-9/h2-7,10H,1H3. The van der Waals surface area contributed by atoms with Crippen molar-refractivity contribution in [2.75, 3.05) is 7.11 Å². The number of hydrogen-bond donors (Lipinski definition) is 0. The summed E-state index contributed by atoms with van der Waals surface area (Å²) in [5, 5.41) is 8.92. The number of esters is 1. The maximum Gasteiger partial charge on any atom is 0.343 e. The van der Waals surface area contributed by atoms with Crippen molar-refractivity contribution in [2.45, 2.75) is 6.10 Å². The van der Waals surface area contributed by atoms with Gasteiger partial charge in [-0.1, -0.05) is 18.2 Å². The zero-order chi connectivity index (χ0) is 12.7. The first-order chi connectivity index (χ1) is 8.17. The molecule has 0 N–H and O–H groups in total. The number of methoxy groups -OCH3 is 1. The molecule has 0 aliphatic rings. The zero-order valence-electron chi connectivity index (χ0n) is 9.09. The largest absolute Gasteiger partial charge is 0.471 e. The number of hydrogen-bond acceptors (Lipinski definition) is 4. The Morgan fingerprint density at radius 1 is 1.47 bits per heavy atom. The van der Waals surface area contributed by atoms with Crippen molar-refractivity contribution < 1.29 is 14.3 Å². The normalized spacial score (nSPS) is 12.4. The average molecular weight is 343 g/mol. The summed E-state index contributed by atoms with van der Waals surface area (Å²) in [6, 6.07) is 10.9. The highest BCUT2D eigenvalue weighted by atomic mass is 127. The van der Waals surface area contributed by atoms with Crippen LogP contribution in [-0.2, 0) is 9.53 Å². The number of carbonyl (C=O) groups excluding carboxylic acids is 1. The Balaban J connectivity index is 2.74. The zero-order valence-corrected chi connectivity index (χ0v) is 11.2. The van der Waals surface area contributed by atoms with Gasteiger partial charge in [0, 0.05) is 0 Å². The molecule has 0 amide bonds. The van der Waals surface area contributed by atoms with Crippen LogP contribution in [0.2, 0.25) is 0 Å². The molecule has 0 fully saturated rings. The third-order valence-electron chi connectivity index (χ3n) is 1.81. The molecule has 0 spiro atoms. The third kappa shape index (κ3) is 4.44. The van der Waals surface area contributed by atoms with E-state index in [4.69, 9.17) is 10.00 Å². The fraction of sp³-hybridized carbons (Fsp3) is 0.167. The van der Waals surface area contributed by atoms with E-state index in [0.717, 1.165) is 0 Å². The molecule has 0 saturated heterocycles. The Labute approximate surface area is 113 Å². The lowest BCUT2D eigenvalue weighted by atomic mass is 10.3. The molecule has 0 aliphatic carbocycles. The monoisotopic (exact) mass is 343 g/mol. The van der Waals surface area contributed by atoms with Crippen LogP contribution in [0, 0.1) is 11.3 Å². The first-order valence-electron chi connectivity index (χ1n) is 4.74. The van der Waals surface area contributed by atoms with Gasteiger partial charge in [-0.25, -0.2) is 4.79 Å². The van der Waals surface area contributed by atoms with Gasteiger partial charge in [-0.05, 0) is 40.8 Å². The Kier molecular flexibility index (Phi) is 5.49. The molecule has 1 atom stereocenters. The summed E-state index contributed by atoms with van der Waals surface area (Å²) in [6.45, 7) is 0. The highest BCUT2D eigenvalue weighted by Gasteiger charge is 2.11. The van der Waals surface area contributed by atoms with Crippen molar-refractivity contribution in [1.82, 2.24) is 0 Å². The topological polar surface area (TPSA) is 59.3 Å². The number of benzene rings is 1. The predicted molar refractivity (Wildman–Crippen MR) is 70.6 cm³/mol. The molecular formula is C12H10INO3. The van der Waals surface area contributed by atoms with E-state index in [9.17, 15) is 4.79 Å². The van der Waals surface area contributed by atoms with E-state index in [1.54, 1.807) is 46.9 Å². The fourth-order valence-corrected chi connectivity index (χ4v) is 1.59. The molecule has 1 rings (SSSR count). The van der Waals surface area contributed by atoms with Crippen LogP contribution in [0.1, 0.15) is 0 Å². The molecule has 0 saturated carbocycles. The first kappa shape index (κ1) is 13.5. The molecule has 1 aromatic rings. The van der Waals surface area contributed by atoms with Crippen LogP contribution in [0.25, 0.3) is 0 Å². The number of nitriles is 1. The summed E-state index contributed by atoms with van der Waals surface area (Å²) in [4.78, 5) is 11.2. The van der Waals surface area contributed by atoms with E-state index >= 15 is 0 Å². The van der Waals surface area contributed by atoms with E-state index in [1.165, 1.54) is 13.2 Å². The summed E-state index contributed by atoms with van der Waals surface area (Å²) in [6.07, 6.45) is 0.600. The minimum absolute atomic E-state index is 0.313. The molecular weight excluding hydrogens is 333 g/mol. The number of rotatable bonds is 4. The van der Waals surface area contributed by atoms with E-state index in [1.807, 2.05) is 12.1 Å². The van der Waals surface area contributed by atoms with Crippen LogP contribution in [0.5, 0.6) is 5.75 Å². The van der Waals surface area contributed by atoms with E-state index in [-0.39, 0.29) is 0 Å². The second-order valence-corrected chi connectivity index (χ2v) is 4.15. The van der Waals surface area contributed by atoms with Gasteiger partial charge in [0.2, 0.25) is 6.10 Å². The van der Waals surface area contributed by atoms with Crippen LogP contribution in [-0.4, -0.2) is 19.2 Å². The highest BCUT2D eigenvalue weighted by molar-refractivity contribution is 14.1. The van der Waals surface area contributed by atoms with Gasteiger partial charge in [-0.15, -0.1) is 0 Å². The number of carbonyl (C=O) groups is 1. The van der Waals surface area contributed by atoms with Crippen LogP contribution in [0.3, 0.4) is 0 Å². The van der Waals surface area contributed by atoms with Crippen molar-refractivity contribution in [3.63, 3.8) is 0 Å². The van der Waals surface area contributed by atoms with Gasteiger partial charge in [0.1, 0.15) is 11.8 Å². The van der Waals surface area contributed by atoms with Crippen LogP contribution >= 0.6 is 22.6 Å². The minimum Gasteiger partial charge on any atom is -0.471 e. The van der Waals surface area contributed by atoms with Crippen LogP contribution in [0.4, 0.5) is 0 Å². The highest BCUT2D eigenvalue weighted by Crippen LogP contribution is 2.15. The molecule has 88 valence electrons. The summed E-state index contributed by atoms with van der Waals surface area (Å²) in [5.41, 5.74) is 0. The third-order valence-corrected chi connectivity index (χ3v) is 2.61. The molecule has 5 heteroatoms.